The Hall–Kier alpha value is -1.88. The minimum absolute atomic E-state index is 0.138. The van der Waals surface area contributed by atoms with Gasteiger partial charge < -0.3 is 10.4 Å². The van der Waals surface area contributed by atoms with Gasteiger partial charge in [0.05, 0.1) is 0 Å². The molecule has 4 nitrogen and oxygen atoms in total. The Kier molecular flexibility index (Phi) is 3.62. The molecule has 1 saturated heterocycles. The van der Waals surface area contributed by atoms with Gasteiger partial charge in [-0.3, -0.25) is 9.69 Å². The third kappa shape index (κ3) is 2.36. The van der Waals surface area contributed by atoms with Gasteiger partial charge in [-0.25, -0.2) is 0 Å². The van der Waals surface area contributed by atoms with E-state index in [-0.39, 0.29) is 11.7 Å². The summed E-state index contributed by atoms with van der Waals surface area (Å²) in [4.78, 5) is 13.6. The first kappa shape index (κ1) is 12.6. The molecular formula is C13H14N2O2S. The van der Waals surface area contributed by atoms with Crippen LogP contribution in [0, 0.1) is 0 Å². The van der Waals surface area contributed by atoms with Gasteiger partial charge >= 0.3 is 0 Å². The van der Waals surface area contributed by atoms with Crippen molar-refractivity contribution in [3.63, 3.8) is 0 Å². The summed E-state index contributed by atoms with van der Waals surface area (Å²) < 4.78 is 0. The third-order valence-corrected chi connectivity index (χ3v) is 2.97. The summed E-state index contributed by atoms with van der Waals surface area (Å²) in [5.41, 5.74) is 0.990. The Morgan fingerprint density at radius 1 is 1.44 bits per heavy atom. The third-order valence-electron chi connectivity index (χ3n) is 2.65. The standard InChI is InChI=1S/C13H14N2O2S/c1-2-7-15-12(17)10(14-13(15)18)8-9-5-3-4-6-11(9)16/h3-6,8,16H,2,7H2,1H3,(H,14,18)/b10-8+. The van der Waals surface area contributed by atoms with Gasteiger partial charge in [-0.1, -0.05) is 25.1 Å². The Morgan fingerprint density at radius 3 is 2.83 bits per heavy atom. The largest absolute Gasteiger partial charge is 0.507 e. The van der Waals surface area contributed by atoms with Crippen LogP contribution in [0.3, 0.4) is 0 Å². The van der Waals surface area contributed by atoms with E-state index in [1.165, 1.54) is 4.90 Å². The molecule has 0 saturated carbocycles. The number of amides is 1. The van der Waals surface area contributed by atoms with Crippen LogP contribution in [0.5, 0.6) is 5.75 Å². The zero-order chi connectivity index (χ0) is 13.1. The van der Waals surface area contributed by atoms with Crippen LogP contribution < -0.4 is 5.32 Å². The second-order valence-corrected chi connectivity index (χ2v) is 4.39. The average molecular weight is 262 g/mol. The number of aromatic hydroxyl groups is 1. The smallest absolute Gasteiger partial charge is 0.276 e. The first-order valence-electron chi connectivity index (χ1n) is 5.76. The van der Waals surface area contributed by atoms with Crippen LogP contribution in [-0.2, 0) is 4.79 Å². The number of phenolic OH excluding ortho intramolecular Hbond substituents is 1. The van der Waals surface area contributed by atoms with Gasteiger partial charge in [-0.2, -0.15) is 0 Å². The van der Waals surface area contributed by atoms with Crippen LogP contribution in [0.2, 0.25) is 0 Å². The summed E-state index contributed by atoms with van der Waals surface area (Å²) in [6.07, 6.45) is 2.46. The summed E-state index contributed by atoms with van der Waals surface area (Å²) >= 11 is 5.10. The van der Waals surface area contributed by atoms with Crippen LogP contribution in [-0.4, -0.2) is 27.6 Å². The number of carbonyl (C=O) groups is 1. The second kappa shape index (κ2) is 5.18. The molecule has 2 rings (SSSR count). The molecule has 18 heavy (non-hydrogen) atoms. The molecule has 0 unspecified atom stereocenters. The van der Waals surface area contributed by atoms with Crippen LogP contribution in [0.25, 0.3) is 6.08 Å². The van der Waals surface area contributed by atoms with Gasteiger partial charge in [0.1, 0.15) is 11.4 Å². The molecule has 1 aromatic rings. The molecule has 94 valence electrons. The highest BCUT2D eigenvalue weighted by Gasteiger charge is 2.29. The van der Waals surface area contributed by atoms with Crippen LogP contribution >= 0.6 is 12.2 Å². The predicted molar refractivity (Wildman–Crippen MR) is 73.8 cm³/mol. The molecule has 0 atom stereocenters. The van der Waals surface area contributed by atoms with Crippen molar-refractivity contribution < 1.29 is 9.90 Å². The van der Waals surface area contributed by atoms with Gasteiger partial charge in [0.2, 0.25) is 0 Å². The maximum atomic E-state index is 12.0. The minimum Gasteiger partial charge on any atom is -0.507 e. The van der Waals surface area contributed by atoms with Crippen LogP contribution in [0.15, 0.2) is 30.0 Å². The molecule has 1 fully saturated rings. The predicted octanol–water partition coefficient (Wildman–Crippen LogP) is 1.86. The van der Waals surface area contributed by atoms with E-state index in [1.54, 1.807) is 30.3 Å². The lowest BCUT2D eigenvalue weighted by Gasteiger charge is -2.11. The molecule has 1 aromatic carbocycles. The molecule has 0 aromatic heterocycles. The van der Waals surface area contributed by atoms with Crippen molar-refractivity contribution in [1.29, 1.82) is 0 Å². The number of thiocarbonyl (C=S) groups is 1. The minimum atomic E-state index is -0.148. The molecular weight excluding hydrogens is 248 g/mol. The normalized spacial score (nSPS) is 17.4. The van der Waals surface area contributed by atoms with Crippen LogP contribution in [0.4, 0.5) is 0 Å². The summed E-state index contributed by atoms with van der Waals surface area (Å²) in [6.45, 7) is 2.59. The molecule has 1 heterocycles. The number of para-hydroxylation sites is 1. The van der Waals surface area contributed by atoms with E-state index in [9.17, 15) is 9.90 Å². The Labute approximate surface area is 111 Å². The first-order valence-corrected chi connectivity index (χ1v) is 6.17. The highest BCUT2D eigenvalue weighted by molar-refractivity contribution is 7.80. The molecule has 1 aliphatic heterocycles. The van der Waals surface area contributed by atoms with Gasteiger partial charge in [-0.15, -0.1) is 0 Å². The number of nitrogens with one attached hydrogen (secondary N) is 1. The first-order chi connectivity index (χ1) is 8.63. The van der Waals surface area contributed by atoms with Crippen molar-refractivity contribution in [2.75, 3.05) is 6.54 Å². The van der Waals surface area contributed by atoms with Crippen molar-refractivity contribution >= 4 is 29.3 Å². The molecule has 0 bridgehead atoms. The van der Waals surface area contributed by atoms with E-state index < -0.39 is 0 Å². The summed E-state index contributed by atoms with van der Waals surface area (Å²) in [6, 6.07) is 6.85. The molecule has 0 radical (unpaired) electrons. The number of benzene rings is 1. The van der Waals surface area contributed by atoms with Crippen molar-refractivity contribution in [3.05, 3.63) is 35.5 Å². The van der Waals surface area contributed by atoms with Crippen molar-refractivity contribution in [3.8, 4) is 5.75 Å². The SMILES string of the molecule is CCCN1C(=O)/C(=C\c2ccccc2O)NC1=S. The van der Waals surface area contributed by atoms with E-state index in [1.807, 2.05) is 6.92 Å². The maximum absolute atomic E-state index is 12.0. The topological polar surface area (TPSA) is 52.6 Å². The van der Waals surface area contributed by atoms with E-state index in [4.69, 9.17) is 12.2 Å². The number of phenols is 1. The van der Waals surface area contributed by atoms with Gasteiger partial charge in [0, 0.05) is 12.1 Å². The zero-order valence-corrected chi connectivity index (χ0v) is 10.8. The highest BCUT2D eigenvalue weighted by Crippen LogP contribution is 2.21. The van der Waals surface area contributed by atoms with Crippen molar-refractivity contribution in [2.45, 2.75) is 13.3 Å². The molecule has 5 heteroatoms. The molecule has 2 N–H and O–H groups in total. The fourth-order valence-corrected chi connectivity index (χ4v) is 2.05. The summed E-state index contributed by atoms with van der Waals surface area (Å²) in [7, 11) is 0. The Morgan fingerprint density at radius 2 is 2.17 bits per heavy atom. The quantitative estimate of drug-likeness (QED) is 0.645. The number of carbonyl (C=O) groups excluding carboxylic acids is 1. The lowest BCUT2D eigenvalue weighted by molar-refractivity contribution is -0.122. The second-order valence-electron chi connectivity index (χ2n) is 4.00. The lowest BCUT2D eigenvalue weighted by Crippen LogP contribution is -2.31. The molecule has 1 amide bonds. The van der Waals surface area contributed by atoms with Gasteiger partial charge in [0.15, 0.2) is 5.11 Å². The highest BCUT2D eigenvalue weighted by atomic mass is 32.1. The zero-order valence-electron chi connectivity index (χ0n) is 10.0. The van der Waals surface area contributed by atoms with Crippen molar-refractivity contribution in [1.82, 2.24) is 10.2 Å². The Bertz CT molecular complexity index is 525. The van der Waals surface area contributed by atoms with E-state index >= 15 is 0 Å². The monoisotopic (exact) mass is 262 g/mol. The number of hydrogen-bond acceptors (Lipinski definition) is 3. The lowest BCUT2D eigenvalue weighted by atomic mass is 10.1. The molecule has 1 aliphatic rings. The van der Waals surface area contributed by atoms with Gasteiger partial charge in [-0.05, 0) is 30.8 Å². The van der Waals surface area contributed by atoms with Gasteiger partial charge in [0.25, 0.3) is 5.91 Å². The molecule has 0 aliphatic carbocycles. The van der Waals surface area contributed by atoms with Crippen molar-refractivity contribution in [2.24, 2.45) is 0 Å². The fraction of sp³-hybridized carbons (Fsp3) is 0.231. The van der Waals surface area contributed by atoms with E-state index in [2.05, 4.69) is 5.32 Å². The fourth-order valence-electron chi connectivity index (χ4n) is 1.76. The maximum Gasteiger partial charge on any atom is 0.276 e. The summed E-state index contributed by atoms with van der Waals surface area (Å²) in [5.74, 6) is -0.00966. The number of hydrogen-bond donors (Lipinski definition) is 2. The van der Waals surface area contributed by atoms with E-state index in [0.29, 0.717) is 22.9 Å². The van der Waals surface area contributed by atoms with E-state index in [0.717, 1.165) is 6.42 Å². The van der Waals surface area contributed by atoms with Crippen LogP contribution in [0.1, 0.15) is 18.9 Å². The number of rotatable bonds is 3. The average Bonchev–Trinajstić information content (AvgIpc) is 2.60. The molecule has 0 spiro atoms. The summed E-state index contributed by atoms with van der Waals surface area (Å²) in [5, 5.41) is 13.0. The Balaban J connectivity index is 2.28. The number of nitrogens with zero attached hydrogens (tertiary/aromatic N) is 1.